The van der Waals surface area contributed by atoms with Crippen molar-refractivity contribution in [3.05, 3.63) is 41.5 Å². The lowest BCUT2D eigenvalue weighted by Gasteiger charge is -2.13. The van der Waals surface area contributed by atoms with Crippen LogP contribution in [0.2, 0.25) is 0 Å². The van der Waals surface area contributed by atoms with Gasteiger partial charge in [-0.3, -0.25) is 0 Å². The molecule has 0 aliphatic carbocycles. The lowest BCUT2D eigenvalue weighted by atomic mass is 10.2. The van der Waals surface area contributed by atoms with Gasteiger partial charge in [0.1, 0.15) is 29.8 Å². The Labute approximate surface area is 116 Å². The van der Waals surface area contributed by atoms with Gasteiger partial charge in [0.2, 0.25) is 0 Å². The van der Waals surface area contributed by atoms with E-state index in [1.165, 1.54) is 18.5 Å². The molecule has 20 heavy (non-hydrogen) atoms. The van der Waals surface area contributed by atoms with E-state index in [0.717, 1.165) is 17.8 Å². The monoisotopic (exact) mass is 271 g/mol. The molecular formula is C14H14FN5. The average Bonchev–Trinajstić information content (AvgIpc) is 2.48. The minimum Gasteiger partial charge on any atom is -0.373 e. The van der Waals surface area contributed by atoms with Crippen molar-refractivity contribution in [2.24, 2.45) is 0 Å². The molecule has 0 atom stereocenters. The van der Waals surface area contributed by atoms with Gasteiger partial charge in [-0.15, -0.1) is 0 Å². The van der Waals surface area contributed by atoms with Crippen LogP contribution in [0.25, 0.3) is 0 Å². The molecule has 6 heteroatoms. The lowest BCUT2D eigenvalue weighted by molar-refractivity contribution is 0.624. The summed E-state index contributed by atoms with van der Waals surface area (Å²) in [4.78, 5) is 8.34. The fraction of sp³-hybridized carbons (Fsp3) is 0.214. The van der Waals surface area contributed by atoms with Crippen LogP contribution in [0.5, 0.6) is 0 Å². The van der Waals surface area contributed by atoms with Crippen LogP contribution in [0.15, 0.2) is 24.5 Å². The van der Waals surface area contributed by atoms with Gasteiger partial charge in [-0.25, -0.2) is 14.4 Å². The van der Waals surface area contributed by atoms with Crippen molar-refractivity contribution < 1.29 is 4.39 Å². The maximum Gasteiger partial charge on any atom is 0.141 e. The molecule has 1 aromatic heterocycles. The van der Waals surface area contributed by atoms with E-state index in [4.69, 9.17) is 5.26 Å². The van der Waals surface area contributed by atoms with Gasteiger partial charge >= 0.3 is 0 Å². The first-order chi connectivity index (χ1) is 9.69. The second-order valence-electron chi connectivity index (χ2n) is 4.08. The third-order valence-corrected chi connectivity index (χ3v) is 2.89. The van der Waals surface area contributed by atoms with Gasteiger partial charge < -0.3 is 10.6 Å². The maximum atomic E-state index is 13.3. The summed E-state index contributed by atoms with van der Waals surface area (Å²) in [5.74, 6) is 0.849. The van der Waals surface area contributed by atoms with Gasteiger partial charge in [0.05, 0.1) is 5.56 Å². The molecule has 0 spiro atoms. The van der Waals surface area contributed by atoms with Gasteiger partial charge in [-0.2, -0.15) is 5.26 Å². The molecule has 2 N–H and O–H groups in total. The Hall–Kier alpha value is -2.68. The molecule has 0 aliphatic heterocycles. The van der Waals surface area contributed by atoms with Crippen LogP contribution >= 0.6 is 0 Å². The van der Waals surface area contributed by atoms with Crippen LogP contribution in [0, 0.1) is 17.1 Å². The van der Waals surface area contributed by atoms with Crippen molar-refractivity contribution in [2.75, 3.05) is 17.7 Å². The number of rotatable bonds is 4. The molecule has 5 nitrogen and oxygen atoms in total. The molecule has 2 aromatic rings. The van der Waals surface area contributed by atoms with E-state index in [2.05, 4.69) is 20.6 Å². The van der Waals surface area contributed by atoms with Crippen LogP contribution in [-0.4, -0.2) is 17.0 Å². The third-order valence-electron chi connectivity index (χ3n) is 2.89. The highest BCUT2D eigenvalue weighted by atomic mass is 19.1. The van der Waals surface area contributed by atoms with E-state index in [1.54, 1.807) is 13.1 Å². The first-order valence-electron chi connectivity index (χ1n) is 6.17. The fourth-order valence-electron chi connectivity index (χ4n) is 1.90. The molecule has 1 heterocycles. The Kier molecular flexibility index (Phi) is 4.11. The van der Waals surface area contributed by atoms with Crippen LogP contribution in [0.3, 0.4) is 0 Å². The van der Waals surface area contributed by atoms with E-state index in [-0.39, 0.29) is 5.56 Å². The Morgan fingerprint density at radius 3 is 2.70 bits per heavy atom. The highest BCUT2D eigenvalue weighted by Gasteiger charge is 2.10. The molecular weight excluding hydrogens is 257 g/mol. The van der Waals surface area contributed by atoms with E-state index >= 15 is 0 Å². The lowest BCUT2D eigenvalue weighted by Crippen LogP contribution is -2.05. The molecule has 0 bridgehead atoms. The molecule has 0 aliphatic rings. The van der Waals surface area contributed by atoms with Gasteiger partial charge in [-0.05, 0) is 24.6 Å². The Bertz CT molecular complexity index is 663. The molecule has 102 valence electrons. The summed E-state index contributed by atoms with van der Waals surface area (Å²) in [6.07, 6.45) is 2.19. The molecule has 0 saturated carbocycles. The van der Waals surface area contributed by atoms with Crippen molar-refractivity contribution >= 4 is 17.3 Å². The number of halogens is 1. The zero-order chi connectivity index (χ0) is 14.5. The molecule has 0 saturated heterocycles. The topological polar surface area (TPSA) is 73.6 Å². The summed E-state index contributed by atoms with van der Waals surface area (Å²) in [6.45, 7) is 2.00. The van der Waals surface area contributed by atoms with Crippen LogP contribution in [0.1, 0.15) is 18.1 Å². The van der Waals surface area contributed by atoms with Gasteiger partial charge in [0, 0.05) is 18.3 Å². The average molecular weight is 271 g/mol. The second-order valence-corrected chi connectivity index (χ2v) is 4.08. The molecule has 0 unspecified atom stereocenters. The number of nitriles is 1. The van der Waals surface area contributed by atoms with Crippen molar-refractivity contribution in [2.45, 2.75) is 13.3 Å². The van der Waals surface area contributed by atoms with Gasteiger partial charge in [0.25, 0.3) is 0 Å². The summed E-state index contributed by atoms with van der Waals surface area (Å²) in [5.41, 5.74) is 1.53. The van der Waals surface area contributed by atoms with Crippen molar-refractivity contribution in [1.29, 1.82) is 5.26 Å². The molecule has 1 aromatic carbocycles. The van der Waals surface area contributed by atoms with Crippen LogP contribution in [0.4, 0.5) is 21.7 Å². The van der Waals surface area contributed by atoms with Gasteiger partial charge in [-0.1, -0.05) is 6.92 Å². The van der Waals surface area contributed by atoms with Crippen LogP contribution < -0.4 is 10.6 Å². The minimum atomic E-state index is -0.535. The first-order valence-corrected chi connectivity index (χ1v) is 6.17. The molecule has 2 rings (SSSR count). The number of hydrogen-bond donors (Lipinski definition) is 2. The van der Waals surface area contributed by atoms with E-state index < -0.39 is 5.82 Å². The zero-order valence-corrected chi connectivity index (χ0v) is 11.2. The second kappa shape index (κ2) is 5.97. The first kappa shape index (κ1) is 13.7. The predicted molar refractivity (Wildman–Crippen MR) is 75.4 cm³/mol. The smallest absolute Gasteiger partial charge is 0.141 e. The zero-order valence-electron chi connectivity index (χ0n) is 11.2. The Balaban J connectivity index is 2.38. The number of anilines is 3. The SMILES string of the molecule is CCc1c(NC)ncnc1Nc1ccc(F)c(C#N)c1. The Morgan fingerprint density at radius 1 is 1.30 bits per heavy atom. The summed E-state index contributed by atoms with van der Waals surface area (Å²) >= 11 is 0. The quantitative estimate of drug-likeness (QED) is 0.894. The number of hydrogen-bond acceptors (Lipinski definition) is 5. The fourth-order valence-corrected chi connectivity index (χ4v) is 1.90. The van der Waals surface area contributed by atoms with E-state index in [0.29, 0.717) is 11.5 Å². The summed E-state index contributed by atoms with van der Waals surface area (Å²) in [5, 5.41) is 14.9. The summed E-state index contributed by atoms with van der Waals surface area (Å²) < 4.78 is 13.3. The number of benzene rings is 1. The molecule has 0 fully saturated rings. The number of nitrogens with zero attached hydrogens (tertiary/aromatic N) is 3. The summed E-state index contributed by atoms with van der Waals surface area (Å²) in [7, 11) is 1.79. The van der Waals surface area contributed by atoms with Crippen LogP contribution in [-0.2, 0) is 6.42 Å². The standard InChI is InChI=1S/C14H14FN5/c1-3-11-13(17-2)18-8-19-14(11)20-10-4-5-12(15)9(6-10)7-16/h4-6,8H,3H2,1-2H3,(H2,17,18,19,20). The highest BCUT2D eigenvalue weighted by molar-refractivity contribution is 5.65. The van der Waals surface area contributed by atoms with Gasteiger partial charge in [0.15, 0.2) is 0 Å². The minimum absolute atomic E-state index is 0.00376. The third kappa shape index (κ3) is 2.67. The normalized spacial score (nSPS) is 9.90. The predicted octanol–water partition coefficient (Wildman–Crippen LogP) is 2.84. The highest BCUT2D eigenvalue weighted by Crippen LogP contribution is 2.24. The Morgan fingerprint density at radius 2 is 2.05 bits per heavy atom. The van der Waals surface area contributed by atoms with E-state index in [9.17, 15) is 4.39 Å². The van der Waals surface area contributed by atoms with Crippen molar-refractivity contribution in [1.82, 2.24) is 9.97 Å². The van der Waals surface area contributed by atoms with Crippen molar-refractivity contribution in [3.8, 4) is 6.07 Å². The molecule has 0 radical (unpaired) electrons. The largest absolute Gasteiger partial charge is 0.373 e. The van der Waals surface area contributed by atoms with Crippen molar-refractivity contribution in [3.63, 3.8) is 0 Å². The molecule has 0 amide bonds. The number of nitrogens with one attached hydrogen (secondary N) is 2. The maximum absolute atomic E-state index is 13.3. The summed E-state index contributed by atoms with van der Waals surface area (Å²) in [6, 6.07) is 6.09. The number of aromatic nitrogens is 2. The van der Waals surface area contributed by atoms with E-state index in [1.807, 2.05) is 13.0 Å².